The molecule has 3 heteroatoms. The largest absolute Gasteiger partial charge is 0.392 e. The van der Waals surface area contributed by atoms with Crippen molar-refractivity contribution < 1.29 is 14.9 Å². The Morgan fingerprint density at radius 3 is 2.44 bits per heavy atom. The molecule has 1 aliphatic heterocycles. The molecule has 0 bridgehead atoms. The van der Waals surface area contributed by atoms with Gasteiger partial charge in [-0.2, -0.15) is 0 Å². The van der Waals surface area contributed by atoms with Crippen molar-refractivity contribution in [3.8, 4) is 12.8 Å². The van der Waals surface area contributed by atoms with Crippen molar-refractivity contribution in [1.29, 1.82) is 0 Å². The van der Waals surface area contributed by atoms with E-state index in [4.69, 9.17) is 4.74 Å². The Kier molecular flexibility index (Phi) is 4.08. The summed E-state index contributed by atoms with van der Waals surface area (Å²) in [6.45, 7) is 2.57. The molecule has 1 heterocycles. The molecule has 0 atom stereocenters. The van der Waals surface area contributed by atoms with Crippen LogP contribution in [0.1, 0.15) is 16.7 Å². The minimum absolute atomic E-state index is 0.0423. The Balaban J connectivity index is 0.000000606. The highest BCUT2D eigenvalue weighted by molar-refractivity contribution is 5.36. The highest BCUT2D eigenvalue weighted by Crippen LogP contribution is 2.32. The van der Waals surface area contributed by atoms with Gasteiger partial charge in [0.25, 0.3) is 0 Å². The average molecular weight is 220 g/mol. The smallest absolute Gasteiger partial charge is 0.136 e. The number of hydrogen-bond acceptors (Lipinski definition) is 3. The van der Waals surface area contributed by atoms with Crippen LogP contribution >= 0.6 is 0 Å². The molecular weight excluding hydrogens is 204 g/mol. The predicted molar refractivity (Wildman–Crippen MR) is 61.7 cm³/mol. The molecule has 1 aromatic rings. The topological polar surface area (TPSA) is 49.7 Å². The van der Waals surface area contributed by atoms with E-state index in [0.29, 0.717) is 13.2 Å². The minimum Gasteiger partial charge on any atom is -0.392 e. The van der Waals surface area contributed by atoms with Gasteiger partial charge in [0, 0.05) is 0 Å². The van der Waals surface area contributed by atoms with Gasteiger partial charge >= 0.3 is 0 Å². The number of terminal acetylenes is 1. The molecule has 1 aliphatic rings. The Morgan fingerprint density at radius 1 is 1.38 bits per heavy atom. The third-order valence-electron chi connectivity index (χ3n) is 2.61. The maximum atomic E-state index is 10.0. The second kappa shape index (κ2) is 5.13. The monoisotopic (exact) mass is 220 g/mol. The van der Waals surface area contributed by atoms with Gasteiger partial charge in [-0.25, -0.2) is 0 Å². The lowest BCUT2D eigenvalue weighted by Crippen LogP contribution is -2.47. The Hall–Kier alpha value is -1.34. The molecule has 0 spiro atoms. The standard InChI is InChI=1S/C11H14O3.C2H2/c1-8-2-3-10(9(4-8)5-12)11(13)6-14-7-11;1-2/h2-4,12-13H,5-7H2,1H3;1-2H. The van der Waals surface area contributed by atoms with Crippen LogP contribution < -0.4 is 0 Å². The molecule has 0 amide bonds. The Morgan fingerprint density at radius 2 is 2.00 bits per heavy atom. The lowest BCUT2D eigenvalue weighted by molar-refractivity contribution is -0.185. The first-order chi connectivity index (χ1) is 7.65. The van der Waals surface area contributed by atoms with Crippen molar-refractivity contribution in [3.63, 3.8) is 0 Å². The zero-order chi connectivity index (χ0) is 12.2. The van der Waals surface area contributed by atoms with Crippen molar-refractivity contribution in [3.05, 3.63) is 34.9 Å². The van der Waals surface area contributed by atoms with Crippen LogP contribution in [0.15, 0.2) is 18.2 Å². The van der Waals surface area contributed by atoms with Gasteiger partial charge in [-0.15, -0.1) is 12.8 Å². The summed E-state index contributed by atoms with van der Waals surface area (Å²) < 4.78 is 4.99. The third kappa shape index (κ3) is 2.25. The van der Waals surface area contributed by atoms with Gasteiger partial charge in [-0.05, 0) is 18.1 Å². The minimum atomic E-state index is -0.883. The van der Waals surface area contributed by atoms with Gasteiger partial charge in [-0.1, -0.05) is 23.8 Å². The fraction of sp³-hybridized carbons (Fsp3) is 0.385. The van der Waals surface area contributed by atoms with E-state index in [1.54, 1.807) is 0 Å². The van der Waals surface area contributed by atoms with E-state index in [-0.39, 0.29) is 6.61 Å². The van der Waals surface area contributed by atoms with Crippen molar-refractivity contribution >= 4 is 0 Å². The molecule has 1 fully saturated rings. The highest BCUT2D eigenvalue weighted by Gasteiger charge is 2.39. The fourth-order valence-corrected chi connectivity index (χ4v) is 1.76. The molecule has 0 aliphatic carbocycles. The zero-order valence-electron chi connectivity index (χ0n) is 9.31. The van der Waals surface area contributed by atoms with Gasteiger partial charge in [0.1, 0.15) is 5.60 Å². The molecule has 2 rings (SSSR count). The second-order valence-electron chi connectivity index (χ2n) is 3.84. The van der Waals surface area contributed by atoms with Crippen LogP contribution in [0.5, 0.6) is 0 Å². The van der Waals surface area contributed by atoms with Gasteiger partial charge in [-0.3, -0.25) is 0 Å². The van der Waals surface area contributed by atoms with Crippen LogP contribution in [-0.2, 0) is 16.9 Å². The lowest BCUT2D eigenvalue weighted by atomic mass is 9.87. The molecule has 16 heavy (non-hydrogen) atoms. The molecule has 3 nitrogen and oxygen atoms in total. The fourth-order valence-electron chi connectivity index (χ4n) is 1.76. The number of hydrogen-bond donors (Lipinski definition) is 2. The van der Waals surface area contributed by atoms with Crippen LogP contribution in [0, 0.1) is 19.8 Å². The quantitative estimate of drug-likeness (QED) is 0.730. The molecule has 1 aromatic carbocycles. The molecule has 86 valence electrons. The van der Waals surface area contributed by atoms with Crippen LogP contribution in [0.2, 0.25) is 0 Å². The normalized spacial score (nSPS) is 16.8. The summed E-state index contributed by atoms with van der Waals surface area (Å²) >= 11 is 0. The van der Waals surface area contributed by atoms with Crippen molar-refractivity contribution in [1.82, 2.24) is 0 Å². The predicted octanol–water partition coefficient (Wildman–Crippen LogP) is 0.955. The molecule has 0 aromatic heterocycles. The number of ether oxygens (including phenoxy) is 1. The molecule has 0 unspecified atom stereocenters. The molecule has 2 N–H and O–H groups in total. The van der Waals surface area contributed by atoms with Gasteiger partial charge in [0.15, 0.2) is 0 Å². The lowest BCUT2D eigenvalue weighted by Gasteiger charge is -2.38. The summed E-state index contributed by atoms with van der Waals surface area (Å²) in [6, 6.07) is 5.69. The molecule has 0 radical (unpaired) electrons. The van der Waals surface area contributed by atoms with Crippen molar-refractivity contribution in [2.75, 3.05) is 13.2 Å². The number of benzene rings is 1. The number of aliphatic hydroxyl groups is 2. The van der Waals surface area contributed by atoms with E-state index in [1.807, 2.05) is 25.1 Å². The molecular formula is C13H16O3. The number of aliphatic hydroxyl groups excluding tert-OH is 1. The summed E-state index contributed by atoms with van der Waals surface area (Å²) in [4.78, 5) is 0. The zero-order valence-corrected chi connectivity index (χ0v) is 9.31. The summed E-state index contributed by atoms with van der Waals surface area (Å²) in [5, 5.41) is 19.2. The van der Waals surface area contributed by atoms with E-state index in [9.17, 15) is 10.2 Å². The van der Waals surface area contributed by atoms with Gasteiger partial charge in [0.2, 0.25) is 0 Å². The van der Waals surface area contributed by atoms with Crippen LogP contribution in [0.4, 0.5) is 0 Å². The first kappa shape index (κ1) is 12.7. The van der Waals surface area contributed by atoms with Crippen molar-refractivity contribution in [2.24, 2.45) is 0 Å². The van der Waals surface area contributed by atoms with E-state index in [1.165, 1.54) is 0 Å². The Labute approximate surface area is 95.7 Å². The van der Waals surface area contributed by atoms with Crippen LogP contribution in [0.3, 0.4) is 0 Å². The van der Waals surface area contributed by atoms with Gasteiger partial charge in [0.05, 0.1) is 19.8 Å². The van der Waals surface area contributed by atoms with E-state index in [0.717, 1.165) is 16.7 Å². The van der Waals surface area contributed by atoms with E-state index >= 15 is 0 Å². The molecule has 0 saturated carbocycles. The van der Waals surface area contributed by atoms with Gasteiger partial charge < -0.3 is 14.9 Å². The average Bonchev–Trinajstić information content (AvgIpc) is 2.28. The summed E-state index contributed by atoms with van der Waals surface area (Å²) in [5.41, 5.74) is 1.78. The maximum Gasteiger partial charge on any atom is 0.136 e. The highest BCUT2D eigenvalue weighted by atomic mass is 16.5. The third-order valence-corrected chi connectivity index (χ3v) is 2.61. The number of rotatable bonds is 2. The van der Waals surface area contributed by atoms with E-state index in [2.05, 4.69) is 12.8 Å². The second-order valence-corrected chi connectivity index (χ2v) is 3.84. The maximum absolute atomic E-state index is 10.0. The summed E-state index contributed by atoms with van der Waals surface area (Å²) in [6.07, 6.45) is 8.00. The molecule has 1 saturated heterocycles. The van der Waals surface area contributed by atoms with Crippen LogP contribution in [-0.4, -0.2) is 23.4 Å². The number of aryl methyl sites for hydroxylation is 1. The van der Waals surface area contributed by atoms with Crippen molar-refractivity contribution in [2.45, 2.75) is 19.1 Å². The summed E-state index contributed by atoms with van der Waals surface area (Å²) in [7, 11) is 0. The van der Waals surface area contributed by atoms with Crippen LogP contribution in [0.25, 0.3) is 0 Å². The Bertz CT molecular complexity index is 378. The first-order valence-electron chi connectivity index (χ1n) is 5.00. The van der Waals surface area contributed by atoms with E-state index < -0.39 is 5.60 Å². The SMILES string of the molecule is C#C.Cc1ccc(C2(O)COC2)c(CO)c1. The first-order valence-corrected chi connectivity index (χ1v) is 5.00. The summed E-state index contributed by atoms with van der Waals surface area (Å²) in [5.74, 6) is 0.